The smallest absolute Gasteiger partial charge is 0.305 e. The van der Waals surface area contributed by atoms with Crippen LogP contribution in [0.25, 0.3) is 0 Å². The van der Waals surface area contributed by atoms with Crippen LogP contribution < -0.4 is 4.74 Å². The van der Waals surface area contributed by atoms with E-state index < -0.39 is 0 Å². The SMILES string of the molecule is CCCCCCCOc1ccc(C(=O)CCCCCCC(=O)OCC)cc1. The van der Waals surface area contributed by atoms with Crippen molar-refractivity contribution in [2.75, 3.05) is 13.2 Å². The maximum atomic E-state index is 12.2. The number of ketones is 1. The summed E-state index contributed by atoms with van der Waals surface area (Å²) in [5, 5.41) is 0. The summed E-state index contributed by atoms with van der Waals surface area (Å²) >= 11 is 0. The molecular formula is C23H36O4. The van der Waals surface area contributed by atoms with Crippen molar-refractivity contribution in [1.29, 1.82) is 0 Å². The molecule has 1 aromatic carbocycles. The third kappa shape index (κ3) is 11.5. The zero-order chi connectivity index (χ0) is 19.7. The molecule has 4 heteroatoms. The van der Waals surface area contributed by atoms with Crippen LogP contribution in [0.3, 0.4) is 0 Å². The van der Waals surface area contributed by atoms with Crippen molar-refractivity contribution >= 4 is 11.8 Å². The van der Waals surface area contributed by atoms with E-state index in [1.807, 2.05) is 31.2 Å². The van der Waals surface area contributed by atoms with Gasteiger partial charge in [0.05, 0.1) is 13.2 Å². The molecule has 0 bridgehead atoms. The van der Waals surface area contributed by atoms with Crippen molar-refractivity contribution in [1.82, 2.24) is 0 Å². The van der Waals surface area contributed by atoms with Crippen LogP contribution in [0, 0.1) is 0 Å². The first-order valence-corrected chi connectivity index (χ1v) is 10.6. The van der Waals surface area contributed by atoms with Gasteiger partial charge in [-0.05, 0) is 50.5 Å². The second-order valence-corrected chi connectivity index (χ2v) is 6.93. The highest BCUT2D eigenvalue weighted by Crippen LogP contribution is 2.16. The Bertz CT molecular complexity index is 522. The van der Waals surface area contributed by atoms with Gasteiger partial charge in [0.1, 0.15) is 5.75 Å². The molecule has 152 valence electrons. The van der Waals surface area contributed by atoms with Crippen LogP contribution in [-0.2, 0) is 9.53 Å². The van der Waals surface area contributed by atoms with Crippen LogP contribution in [0.2, 0.25) is 0 Å². The summed E-state index contributed by atoms with van der Waals surface area (Å²) in [6, 6.07) is 7.49. The average Bonchev–Trinajstić information content (AvgIpc) is 2.68. The topological polar surface area (TPSA) is 52.6 Å². The molecule has 0 unspecified atom stereocenters. The molecule has 0 spiro atoms. The minimum Gasteiger partial charge on any atom is -0.494 e. The molecule has 0 heterocycles. The standard InChI is InChI=1S/C23H36O4/c1-3-5-6-9-12-19-27-21-17-15-20(16-18-21)22(24)13-10-7-8-11-14-23(25)26-4-2/h15-18H,3-14,19H2,1-2H3. The molecule has 0 N–H and O–H groups in total. The lowest BCUT2D eigenvalue weighted by molar-refractivity contribution is -0.143. The van der Waals surface area contributed by atoms with Crippen molar-refractivity contribution in [2.24, 2.45) is 0 Å². The molecule has 27 heavy (non-hydrogen) atoms. The summed E-state index contributed by atoms with van der Waals surface area (Å²) in [5.74, 6) is 0.879. The zero-order valence-electron chi connectivity index (χ0n) is 17.1. The number of rotatable bonds is 16. The van der Waals surface area contributed by atoms with Crippen LogP contribution in [0.1, 0.15) is 94.8 Å². The largest absolute Gasteiger partial charge is 0.494 e. The molecule has 0 radical (unpaired) electrons. The maximum absolute atomic E-state index is 12.2. The Balaban J connectivity index is 2.14. The third-order valence-corrected chi connectivity index (χ3v) is 4.53. The van der Waals surface area contributed by atoms with Gasteiger partial charge in [-0.15, -0.1) is 0 Å². The van der Waals surface area contributed by atoms with Crippen molar-refractivity contribution in [2.45, 2.75) is 84.5 Å². The normalized spacial score (nSPS) is 10.6. The summed E-state index contributed by atoms with van der Waals surface area (Å²) in [7, 11) is 0. The molecule has 1 rings (SSSR count). The van der Waals surface area contributed by atoms with Crippen LogP contribution in [0.15, 0.2) is 24.3 Å². The van der Waals surface area contributed by atoms with E-state index in [1.165, 1.54) is 25.7 Å². The monoisotopic (exact) mass is 376 g/mol. The van der Waals surface area contributed by atoms with Gasteiger partial charge in [-0.1, -0.05) is 45.4 Å². The first kappa shape index (κ1) is 23.2. The number of carbonyl (C=O) groups excluding carboxylic acids is 2. The van der Waals surface area contributed by atoms with Gasteiger partial charge in [0.25, 0.3) is 0 Å². The number of benzene rings is 1. The Morgan fingerprint density at radius 1 is 0.778 bits per heavy atom. The second-order valence-electron chi connectivity index (χ2n) is 6.93. The van der Waals surface area contributed by atoms with Gasteiger partial charge in [0.15, 0.2) is 5.78 Å². The van der Waals surface area contributed by atoms with Gasteiger partial charge in [0, 0.05) is 18.4 Å². The lowest BCUT2D eigenvalue weighted by atomic mass is 10.0. The minimum absolute atomic E-state index is 0.128. The maximum Gasteiger partial charge on any atom is 0.305 e. The molecule has 0 saturated heterocycles. The van der Waals surface area contributed by atoms with E-state index in [-0.39, 0.29) is 11.8 Å². The van der Waals surface area contributed by atoms with Gasteiger partial charge in [0.2, 0.25) is 0 Å². The highest BCUT2D eigenvalue weighted by atomic mass is 16.5. The molecule has 0 aliphatic rings. The fourth-order valence-corrected chi connectivity index (χ4v) is 2.92. The number of Topliss-reactive ketones (excluding diaryl/α,β-unsaturated/α-hetero) is 1. The molecule has 0 amide bonds. The number of carbonyl (C=O) groups is 2. The molecule has 0 aliphatic carbocycles. The fraction of sp³-hybridized carbons (Fsp3) is 0.652. The number of esters is 1. The quantitative estimate of drug-likeness (QED) is 0.198. The molecule has 0 saturated carbocycles. The average molecular weight is 377 g/mol. The number of hydrogen-bond donors (Lipinski definition) is 0. The van der Waals surface area contributed by atoms with Crippen molar-refractivity contribution in [3.63, 3.8) is 0 Å². The summed E-state index contributed by atoms with van der Waals surface area (Å²) in [5.41, 5.74) is 0.747. The predicted molar refractivity (Wildman–Crippen MR) is 109 cm³/mol. The van der Waals surface area contributed by atoms with Crippen molar-refractivity contribution in [3.8, 4) is 5.75 Å². The second kappa shape index (κ2) is 15.2. The third-order valence-electron chi connectivity index (χ3n) is 4.53. The van der Waals surface area contributed by atoms with E-state index >= 15 is 0 Å². The van der Waals surface area contributed by atoms with Gasteiger partial charge < -0.3 is 9.47 Å². The summed E-state index contributed by atoms with van der Waals surface area (Å²) < 4.78 is 10.6. The summed E-state index contributed by atoms with van der Waals surface area (Å²) in [4.78, 5) is 23.5. The van der Waals surface area contributed by atoms with E-state index in [2.05, 4.69) is 6.92 Å². The van der Waals surface area contributed by atoms with Crippen LogP contribution in [0.5, 0.6) is 5.75 Å². The van der Waals surface area contributed by atoms with E-state index in [0.717, 1.165) is 50.0 Å². The predicted octanol–water partition coefficient (Wildman–Crippen LogP) is 6.12. The molecular weight excluding hydrogens is 340 g/mol. The molecule has 0 aliphatic heterocycles. The Kier molecular flexibility index (Phi) is 13.1. The number of unbranched alkanes of at least 4 members (excludes halogenated alkanes) is 7. The molecule has 1 aromatic rings. The molecule has 0 aromatic heterocycles. The highest BCUT2D eigenvalue weighted by Gasteiger charge is 2.06. The molecule has 0 fully saturated rings. The fourth-order valence-electron chi connectivity index (χ4n) is 2.92. The molecule has 4 nitrogen and oxygen atoms in total. The summed E-state index contributed by atoms with van der Waals surface area (Å²) in [6.07, 6.45) is 10.7. The number of ether oxygens (including phenoxy) is 2. The van der Waals surface area contributed by atoms with Crippen LogP contribution in [-0.4, -0.2) is 25.0 Å². The van der Waals surface area contributed by atoms with E-state index in [0.29, 0.717) is 19.4 Å². The highest BCUT2D eigenvalue weighted by molar-refractivity contribution is 5.96. The van der Waals surface area contributed by atoms with Crippen LogP contribution in [0.4, 0.5) is 0 Å². The Labute approximate surface area is 164 Å². The molecule has 0 atom stereocenters. The summed E-state index contributed by atoms with van der Waals surface area (Å²) in [6.45, 7) is 5.21. The lowest BCUT2D eigenvalue weighted by Gasteiger charge is -2.07. The van der Waals surface area contributed by atoms with Gasteiger partial charge >= 0.3 is 5.97 Å². The van der Waals surface area contributed by atoms with Gasteiger partial charge in [-0.3, -0.25) is 9.59 Å². The van der Waals surface area contributed by atoms with Crippen molar-refractivity contribution < 1.29 is 19.1 Å². The Morgan fingerprint density at radius 3 is 2.07 bits per heavy atom. The van der Waals surface area contributed by atoms with Crippen molar-refractivity contribution in [3.05, 3.63) is 29.8 Å². The van der Waals surface area contributed by atoms with E-state index in [1.54, 1.807) is 0 Å². The first-order chi connectivity index (χ1) is 13.2. The zero-order valence-corrected chi connectivity index (χ0v) is 17.1. The lowest BCUT2D eigenvalue weighted by Crippen LogP contribution is -2.03. The Morgan fingerprint density at radius 2 is 1.41 bits per heavy atom. The Hall–Kier alpha value is -1.84. The van der Waals surface area contributed by atoms with E-state index in [4.69, 9.17) is 9.47 Å². The number of hydrogen-bond acceptors (Lipinski definition) is 4. The minimum atomic E-state index is -0.128. The van der Waals surface area contributed by atoms with E-state index in [9.17, 15) is 9.59 Å². The first-order valence-electron chi connectivity index (χ1n) is 10.6. The van der Waals surface area contributed by atoms with Gasteiger partial charge in [-0.25, -0.2) is 0 Å². The van der Waals surface area contributed by atoms with Crippen LogP contribution >= 0.6 is 0 Å². The van der Waals surface area contributed by atoms with Gasteiger partial charge in [-0.2, -0.15) is 0 Å².